The van der Waals surface area contributed by atoms with Gasteiger partial charge in [-0.2, -0.15) is 0 Å². The van der Waals surface area contributed by atoms with Crippen LogP contribution in [-0.4, -0.2) is 34.2 Å². The first kappa shape index (κ1) is 16.1. The van der Waals surface area contributed by atoms with Crippen LogP contribution in [0.1, 0.15) is 36.1 Å². The lowest BCUT2D eigenvalue weighted by Gasteiger charge is -2.36. The molecule has 1 aliphatic heterocycles. The van der Waals surface area contributed by atoms with Crippen LogP contribution >= 0.6 is 0 Å². The van der Waals surface area contributed by atoms with Crippen LogP contribution in [0.2, 0.25) is 0 Å². The largest absolute Gasteiger partial charge is 0.391 e. The molecule has 3 nitrogen and oxygen atoms in total. The van der Waals surface area contributed by atoms with E-state index in [2.05, 4.69) is 28.9 Å². The Labute approximate surface area is 136 Å². The SMILES string of the molecule is CCc1ccc(CN2CC[C@H](c3ccc(F)cc3)[C@@H](O)C2)nc1. The van der Waals surface area contributed by atoms with Crippen molar-refractivity contribution in [2.45, 2.75) is 38.3 Å². The summed E-state index contributed by atoms with van der Waals surface area (Å²) in [7, 11) is 0. The molecule has 1 aromatic carbocycles. The number of β-amino-alcohol motifs (C(OH)–C–C–N with tert-alkyl or cyclic N) is 1. The van der Waals surface area contributed by atoms with Gasteiger partial charge in [0.15, 0.2) is 0 Å². The molecule has 2 atom stereocenters. The zero-order valence-electron chi connectivity index (χ0n) is 13.5. The number of halogens is 1. The second kappa shape index (κ2) is 7.20. The van der Waals surface area contributed by atoms with E-state index >= 15 is 0 Å². The van der Waals surface area contributed by atoms with Crippen LogP contribution in [0.5, 0.6) is 0 Å². The zero-order valence-corrected chi connectivity index (χ0v) is 13.5. The lowest BCUT2D eigenvalue weighted by molar-refractivity contribution is 0.0471. The molecule has 122 valence electrons. The van der Waals surface area contributed by atoms with Gasteiger partial charge in [0.25, 0.3) is 0 Å². The Bertz CT molecular complexity index is 627. The molecule has 2 aromatic rings. The highest BCUT2D eigenvalue weighted by Crippen LogP contribution is 2.29. The highest BCUT2D eigenvalue weighted by molar-refractivity contribution is 5.22. The van der Waals surface area contributed by atoms with Crippen LogP contribution in [0.3, 0.4) is 0 Å². The molecule has 1 N–H and O–H groups in total. The van der Waals surface area contributed by atoms with Crippen LogP contribution < -0.4 is 0 Å². The van der Waals surface area contributed by atoms with Gasteiger partial charge in [-0.1, -0.05) is 25.1 Å². The molecular weight excluding hydrogens is 291 g/mol. The molecule has 3 rings (SSSR count). The van der Waals surface area contributed by atoms with Crippen LogP contribution in [0.4, 0.5) is 4.39 Å². The predicted molar refractivity (Wildman–Crippen MR) is 88.7 cm³/mol. The number of rotatable bonds is 4. The van der Waals surface area contributed by atoms with Crippen molar-refractivity contribution in [2.24, 2.45) is 0 Å². The van der Waals surface area contributed by atoms with Crippen molar-refractivity contribution in [2.75, 3.05) is 13.1 Å². The molecule has 23 heavy (non-hydrogen) atoms. The van der Waals surface area contributed by atoms with Crippen LogP contribution in [-0.2, 0) is 13.0 Å². The summed E-state index contributed by atoms with van der Waals surface area (Å²) in [5, 5.41) is 10.5. The van der Waals surface area contributed by atoms with Crippen molar-refractivity contribution in [3.05, 3.63) is 65.2 Å². The molecule has 0 unspecified atom stereocenters. The molecule has 2 heterocycles. The number of hydrogen-bond acceptors (Lipinski definition) is 3. The first-order valence-corrected chi connectivity index (χ1v) is 8.25. The third-order valence-corrected chi connectivity index (χ3v) is 4.64. The molecule has 4 heteroatoms. The van der Waals surface area contributed by atoms with Gasteiger partial charge in [-0.3, -0.25) is 9.88 Å². The summed E-state index contributed by atoms with van der Waals surface area (Å²) in [4.78, 5) is 6.73. The van der Waals surface area contributed by atoms with Crippen molar-refractivity contribution in [1.82, 2.24) is 9.88 Å². The number of aryl methyl sites for hydroxylation is 1. The molecular formula is C19H23FN2O. The molecule has 1 aliphatic rings. The number of likely N-dealkylation sites (tertiary alicyclic amines) is 1. The monoisotopic (exact) mass is 314 g/mol. The van der Waals surface area contributed by atoms with E-state index in [4.69, 9.17) is 0 Å². The third kappa shape index (κ3) is 3.95. The van der Waals surface area contributed by atoms with Gasteiger partial charge in [0, 0.05) is 25.2 Å². The Kier molecular flexibility index (Phi) is 5.03. The third-order valence-electron chi connectivity index (χ3n) is 4.64. The molecule has 0 bridgehead atoms. The van der Waals surface area contributed by atoms with E-state index in [-0.39, 0.29) is 11.7 Å². The van der Waals surface area contributed by atoms with Crippen molar-refractivity contribution >= 4 is 0 Å². The van der Waals surface area contributed by atoms with Crippen molar-refractivity contribution in [3.8, 4) is 0 Å². The Hall–Kier alpha value is -1.78. The summed E-state index contributed by atoms with van der Waals surface area (Å²) in [5.41, 5.74) is 3.29. The highest BCUT2D eigenvalue weighted by atomic mass is 19.1. The van der Waals surface area contributed by atoms with Gasteiger partial charge in [-0.15, -0.1) is 0 Å². The number of aromatic nitrogens is 1. The van der Waals surface area contributed by atoms with Gasteiger partial charge < -0.3 is 5.11 Å². The first-order valence-electron chi connectivity index (χ1n) is 8.25. The van der Waals surface area contributed by atoms with E-state index in [1.165, 1.54) is 17.7 Å². The standard InChI is InChI=1S/C19H23FN2O/c1-2-14-3-8-17(21-11-14)12-22-10-9-18(19(23)13-22)15-4-6-16(20)7-5-15/h3-8,11,18-19,23H,2,9-10,12-13H2,1H3/t18-,19+/m1/s1. The fourth-order valence-corrected chi connectivity index (χ4v) is 3.23. The molecule has 1 saturated heterocycles. The van der Waals surface area contributed by atoms with E-state index in [0.717, 1.165) is 37.2 Å². The Balaban J connectivity index is 1.60. The van der Waals surface area contributed by atoms with E-state index in [9.17, 15) is 9.50 Å². The summed E-state index contributed by atoms with van der Waals surface area (Å²) >= 11 is 0. The second-order valence-electron chi connectivity index (χ2n) is 6.26. The van der Waals surface area contributed by atoms with E-state index in [1.807, 2.05) is 6.20 Å². The lowest BCUT2D eigenvalue weighted by Crippen LogP contribution is -2.42. The highest BCUT2D eigenvalue weighted by Gasteiger charge is 2.28. The van der Waals surface area contributed by atoms with Crippen molar-refractivity contribution in [1.29, 1.82) is 0 Å². The Morgan fingerprint density at radius 2 is 2.00 bits per heavy atom. The summed E-state index contributed by atoms with van der Waals surface area (Å²) in [6.07, 6.45) is 3.37. The van der Waals surface area contributed by atoms with Crippen LogP contribution in [0.15, 0.2) is 42.6 Å². The molecule has 0 amide bonds. The van der Waals surface area contributed by atoms with Gasteiger partial charge >= 0.3 is 0 Å². The minimum Gasteiger partial charge on any atom is -0.391 e. The number of benzene rings is 1. The van der Waals surface area contributed by atoms with Crippen molar-refractivity contribution in [3.63, 3.8) is 0 Å². The maximum atomic E-state index is 13.0. The summed E-state index contributed by atoms with van der Waals surface area (Å²) < 4.78 is 13.0. The van der Waals surface area contributed by atoms with Gasteiger partial charge in [-0.25, -0.2) is 4.39 Å². The lowest BCUT2D eigenvalue weighted by atomic mass is 9.87. The van der Waals surface area contributed by atoms with E-state index in [1.54, 1.807) is 12.1 Å². The molecule has 1 aromatic heterocycles. The number of hydrogen-bond donors (Lipinski definition) is 1. The second-order valence-corrected chi connectivity index (χ2v) is 6.26. The topological polar surface area (TPSA) is 36.4 Å². The number of aliphatic hydroxyl groups is 1. The average molecular weight is 314 g/mol. The molecule has 1 fully saturated rings. The fraction of sp³-hybridized carbons (Fsp3) is 0.421. The minimum atomic E-state index is -0.427. The van der Waals surface area contributed by atoms with Crippen LogP contribution in [0.25, 0.3) is 0 Å². The number of piperidine rings is 1. The van der Waals surface area contributed by atoms with Gasteiger partial charge in [0.2, 0.25) is 0 Å². The maximum Gasteiger partial charge on any atom is 0.123 e. The van der Waals surface area contributed by atoms with Gasteiger partial charge in [0.05, 0.1) is 11.8 Å². The van der Waals surface area contributed by atoms with Gasteiger partial charge in [-0.05, 0) is 48.7 Å². The zero-order chi connectivity index (χ0) is 16.2. The average Bonchev–Trinajstić information content (AvgIpc) is 2.57. The van der Waals surface area contributed by atoms with Crippen molar-refractivity contribution < 1.29 is 9.50 Å². The Morgan fingerprint density at radius 1 is 1.22 bits per heavy atom. The molecule has 0 saturated carbocycles. The smallest absolute Gasteiger partial charge is 0.123 e. The van der Waals surface area contributed by atoms with E-state index < -0.39 is 6.10 Å². The normalized spacial score (nSPS) is 22.2. The predicted octanol–water partition coefficient (Wildman–Crippen LogP) is 3.13. The Morgan fingerprint density at radius 3 is 2.61 bits per heavy atom. The minimum absolute atomic E-state index is 0.0854. The fourth-order valence-electron chi connectivity index (χ4n) is 3.23. The summed E-state index contributed by atoms with van der Waals surface area (Å²) in [5.74, 6) is -0.149. The molecule has 0 aliphatic carbocycles. The maximum absolute atomic E-state index is 13.0. The van der Waals surface area contributed by atoms with Crippen LogP contribution in [0, 0.1) is 5.82 Å². The number of aliphatic hydroxyl groups excluding tert-OH is 1. The molecule has 0 spiro atoms. The first-order chi connectivity index (χ1) is 11.2. The van der Waals surface area contributed by atoms with Gasteiger partial charge in [0.1, 0.15) is 5.82 Å². The number of pyridine rings is 1. The number of nitrogens with zero attached hydrogens (tertiary/aromatic N) is 2. The van der Waals surface area contributed by atoms with E-state index in [0.29, 0.717) is 6.54 Å². The molecule has 0 radical (unpaired) electrons. The summed E-state index contributed by atoms with van der Waals surface area (Å²) in [6, 6.07) is 10.7. The quantitative estimate of drug-likeness (QED) is 0.942. The summed E-state index contributed by atoms with van der Waals surface area (Å²) in [6.45, 7) is 4.42.